The summed E-state index contributed by atoms with van der Waals surface area (Å²) >= 11 is 0. The third-order valence-electron chi connectivity index (χ3n) is 3.86. The Morgan fingerprint density at radius 3 is 3.11 bits per heavy atom. The standard InChI is InChI=1S/C13H22N4O/c1-2-6-16-13(12(14)18)5-3-4-11(9-13)17-8-7-15-10-17/h7-8,10-11,16H,2-6,9H2,1H3,(H2,14,18). The summed E-state index contributed by atoms with van der Waals surface area (Å²) in [5.41, 5.74) is 5.09. The zero-order valence-electron chi connectivity index (χ0n) is 10.9. The molecule has 2 unspecified atom stereocenters. The van der Waals surface area contributed by atoms with E-state index in [2.05, 4.69) is 21.8 Å². The molecular weight excluding hydrogens is 228 g/mol. The van der Waals surface area contributed by atoms with Crippen LogP contribution in [-0.4, -0.2) is 27.5 Å². The fourth-order valence-electron chi connectivity index (χ4n) is 2.82. The van der Waals surface area contributed by atoms with E-state index < -0.39 is 5.54 Å². The van der Waals surface area contributed by atoms with Crippen LogP contribution in [-0.2, 0) is 4.79 Å². The molecule has 3 N–H and O–H groups in total. The maximum absolute atomic E-state index is 11.8. The molecule has 5 heteroatoms. The van der Waals surface area contributed by atoms with Crippen LogP contribution in [0.1, 0.15) is 45.1 Å². The minimum atomic E-state index is -0.538. The van der Waals surface area contributed by atoms with E-state index in [9.17, 15) is 4.79 Å². The molecule has 2 rings (SSSR count). The maximum atomic E-state index is 11.8. The van der Waals surface area contributed by atoms with Gasteiger partial charge in [0, 0.05) is 18.4 Å². The average molecular weight is 250 g/mol. The van der Waals surface area contributed by atoms with Crippen molar-refractivity contribution in [2.45, 2.75) is 50.6 Å². The fourth-order valence-corrected chi connectivity index (χ4v) is 2.82. The number of nitrogens with one attached hydrogen (secondary N) is 1. The average Bonchev–Trinajstić information content (AvgIpc) is 2.90. The summed E-state index contributed by atoms with van der Waals surface area (Å²) in [5.74, 6) is -0.222. The topological polar surface area (TPSA) is 72.9 Å². The molecule has 1 amide bonds. The number of nitrogens with zero attached hydrogens (tertiary/aromatic N) is 2. The summed E-state index contributed by atoms with van der Waals surface area (Å²) in [6.07, 6.45) is 10.3. The molecule has 0 radical (unpaired) electrons. The molecule has 5 nitrogen and oxygen atoms in total. The predicted molar refractivity (Wildman–Crippen MR) is 70.0 cm³/mol. The lowest BCUT2D eigenvalue weighted by Gasteiger charge is -2.39. The number of carbonyl (C=O) groups excluding carboxylic acids is 1. The van der Waals surface area contributed by atoms with E-state index in [1.165, 1.54) is 0 Å². The molecule has 0 bridgehead atoms. The summed E-state index contributed by atoms with van der Waals surface area (Å²) in [5, 5.41) is 3.37. The molecule has 1 saturated carbocycles. The first-order chi connectivity index (χ1) is 8.68. The second-order valence-electron chi connectivity index (χ2n) is 5.13. The van der Waals surface area contributed by atoms with Gasteiger partial charge in [-0.05, 0) is 38.6 Å². The Hall–Kier alpha value is -1.36. The van der Waals surface area contributed by atoms with Gasteiger partial charge >= 0.3 is 0 Å². The summed E-state index contributed by atoms with van der Waals surface area (Å²) in [4.78, 5) is 15.9. The van der Waals surface area contributed by atoms with Crippen LogP contribution >= 0.6 is 0 Å². The highest BCUT2D eigenvalue weighted by Crippen LogP contribution is 2.35. The Morgan fingerprint density at radius 2 is 2.50 bits per heavy atom. The SMILES string of the molecule is CCCNC1(C(N)=O)CCCC(n2ccnc2)C1. The first kappa shape index (κ1) is 13.1. The number of imidazole rings is 1. The summed E-state index contributed by atoms with van der Waals surface area (Å²) in [6, 6.07) is 0.318. The highest BCUT2D eigenvalue weighted by Gasteiger charge is 2.41. The Labute approximate surface area is 108 Å². The lowest BCUT2D eigenvalue weighted by Crippen LogP contribution is -2.58. The number of rotatable bonds is 5. The Kier molecular flexibility index (Phi) is 4.01. The molecule has 1 aliphatic rings. The zero-order valence-corrected chi connectivity index (χ0v) is 10.9. The van der Waals surface area contributed by atoms with Gasteiger partial charge in [-0.25, -0.2) is 4.98 Å². The van der Waals surface area contributed by atoms with Crippen LogP contribution in [0.15, 0.2) is 18.7 Å². The van der Waals surface area contributed by atoms with E-state index in [-0.39, 0.29) is 5.91 Å². The van der Waals surface area contributed by atoms with E-state index in [0.717, 1.165) is 38.6 Å². The normalized spacial score (nSPS) is 28.2. The molecule has 100 valence electrons. The zero-order chi connectivity index (χ0) is 13.0. The summed E-state index contributed by atoms with van der Waals surface area (Å²) < 4.78 is 2.09. The first-order valence-corrected chi connectivity index (χ1v) is 6.70. The van der Waals surface area contributed by atoms with E-state index >= 15 is 0 Å². The number of aromatic nitrogens is 2. The molecule has 1 heterocycles. The molecule has 0 aromatic carbocycles. The number of carbonyl (C=O) groups is 1. The maximum Gasteiger partial charge on any atom is 0.237 e. The molecule has 0 spiro atoms. The number of nitrogens with two attached hydrogens (primary N) is 1. The van der Waals surface area contributed by atoms with Crippen LogP contribution in [0.3, 0.4) is 0 Å². The number of hydrogen-bond donors (Lipinski definition) is 2. The fraction of sp³-hybridized carbons (Fsp3) is 0.692. The Balaban J connectivity index is 2.13. The van der Waals surface area contributed by atoms with Crippen molar-refractivity contribution in [3.63, 3.8) is 0 Å². The first-order valence-electron chi connectivity index (χ1n) is 6.70. The molecular formula is C13H22N4O. The molecule has 1 aliphatic carbocycles. The van der Waals surface area contributed by atoms with Gasteiger partial charge in [0.1, 0.15) is 0 Å². The van der Waals surface area contributed by atoms with Gasteiger partial charge < -0.3 is 15.6 Å². The minimum Gasteiger partial charge on any atom is -0.368 e. The van der Waals surface area contributed by atoms with Gasteiger partial charge in [0.25, 0.3) is 0 Å². The number of hydrogen-bond acceptors (Lipinski definition) is 3. The van der Waals surface area contributed by atoms with Crippen molar-refractivity contribution >= 4 is 5.91 Å². The highest BCUT2D eigenvalue weighted by atomic mass is 16.1. The monoisotopic (exact) mass is 250 g/mol. The Morgan fingerprint density at radius 1 is 1.67 bits per heavy atom. The molecule has 0 aliphatic heterocycles. The molecule has 1 aromatic heterocycles. The molecule has 1 aromatic rings. The van der Waals surface area contributed by atoms with Crippen molar-refractivity contribution in [2.24, 2.45) is 5.73 Å². The molecule has 18 heavy (non-hydrogen) atoms. The van der Waals surface area contributed by atoms with Crippen LogP contribution < -0.4 is 11.1 Å². The van der Waals surface area contributed by atoms with Crippen molar-refractivity contribution in [3.8, 4) is 0 Å². The predicted octanol–water partition coefficient (Wildman–Crippen LogP) is 1.22. The van der Waals surface area contributed by atoms with Crippen LogP contribution in [0.5, 0.6) is 0 Å². The second-order valence-corrected chi connectivity index (χ2v) is 5.13. The van der Waals surface area contributed by atoms with Gasteiger partial charge in [0.15, 0.2) is 0 Å². The van der Waals surface area contributed by atoms with Crippen LogP contribution in [0, 0.1) is 0 Å². The number of primary amides is 1. The summed E-state index contributed by atoms with van der Waals surface area (Å²) in [7, 11) is 0. The van der Waals surface area contributed by atoms with E-state index in [1.54, 1.807) is 6.20 Å². The van der Waals surface area contributed by atoms with Gasteiger partial charge in [-0.1, -0.05) is 6.92 Å². The van der Waals surface area contributed by atoms with Gasteiger partial charge in [-0.3, -0.25) is 4.79 Å². The van der Waals surface area contributed by atoms with Crippen molar-refractivity contribution in [1.29, 1.82) is 0 Å². The van der Waals surface area contributed by atoms with Crippen LogP contribution in [0.4, 0.5) is 0 Å². The van der Waals surface area contributed by atoms with E-state index in [0.29, 0.717) is 6.04 Å². The molecule has 0 saturated heterocycles. The van der Waals surface area contributed by atoms with Crippen LogP contribution in [0.2, 0.25) is 0 Å². The Bertz CT molecular complexity index is 390. The van der Waals surface area contributed by atoms with Crippen molar-refractivity contribution in [2.75, 3.05) is 6.54 Å². The smallest absolute Gasteiger partial charge is 0.237 e. The van der Waals surface area contributed by atoms with Gasteiger partial charge in [0.05, 0.1) is 11.9 Å². The van der Waals surface area contributed by atoms with Crippen LogP contribution in [0.25, 0.3) is 0 Å². The van der Waals surface area contributed by atoms with Crippen molar-refractivity contribution < 1.29 is 4.79 Å². The van der Waals surface area contributed by atoms with Gasteiger partial charge in [0.2, 0.25) is 5.91 Å². The third-order valence-corrected chi connectivity index (χ3v) is 3.86. The van der Waals surface area contributed by atoms with E-state index in [4.69, 9.17) is 5.73 Å². The molecule has 2 atom stereocenters. The second kappa shape index (κ2) is 5.52. The third kappa shape index (κ3) is 2.56. The van der Waals surface area contributed by atoms with Crippen molar-refractivity contribution in [1.82, 2.24) is 14.9 Å². The molecule has 1 fully saturated rings. The lowest BCUT2D eigenvalue weighted by molar-refractivity contribution is -0.126. The van der Waals surface area contributed by atoms with Gasteiger partial charge in [-0.2, -0.15) is 0 Å². The minimum absolute atomic E-state index is 0.222. The number of amides is 1. The van der Waals surface area contributed by atoms with E-state index in [1.807, 2.05) is 12.5 Å². The van der Waals surface area contributed by atoms with Crippen molar-refractivity contribution in [3.05, 3.63) is 18.7 Å². The quantitative estimate of drug-likeness (QED) is 0.825. The largest absolute Gasteiger partial charge is 0.368 e. The van der Waals surface area contributed by atoms with Gasteiger partial charge in [-0.15, -0.1) is 0 Å². The lowest BCUT2D eigenvalue weighted by atomic mass is 9.78. The highest BCUT2D eigenvalue weighted by molar-refractivity contribution is 5.84. The summed E-state index contributed by atoms with van der Waals surface area (Å²) in [6.45, 7) is 2.93.